The fourth-order valence-corrected chi connectivity index (χ4v) is 2.43. The Morgan fingerprint density at radius 1 is 1.18 bits per heavy atom. The van der Waals surface area contributed by atoms with Gasteiger partial charge in [0.15, 0.2) is 0 Å². The third kappa shape index (κ3) is 4.00. The van der Waals surface area contributed by atoms with Crippen molar-refractivity contribution in [3.63, 3.8) is 0 Å². The van der Waals surface area contributed by atoms with Gasteiger partial charge >= 0.3 is 6.09 Å². The number of nitrogens with one attached hydrogen (secondary N) is 1. The van der Waals surface area contributed by atoms with E-state index in [1.807, 2.05) is 30.3 Å². The fourth-order valence-electron chi connectivity index (χ4n) is 2.09. The van der Waals surface area contributed by atoms with E-state index in [1.165, 1.54) is 0 Å². The summed E-state index contributed by atoms with van der Waals surface area (Å²) in [6.07, 6.45) is -0.611. The van der Waals surface area contributed by atoms with Gasteiger partial charge in [-0.1, -0.05) is 60.1 Å². The smallest absolute Gasteiger partial charge is 0.408 e. The molecule has 2 rings (SSSR count). The van der Waals surface area contributed by atoms with E-state index in [0.29, 0.717) is 10.6 Å². The summed E-state index contributed by atoms with van der Waals surface area (Å²) >= 11 is 6.14. The molecule has 0 aliphatic heterocycles. The quantitative estimate of drug-likeness (QED) is 0.887. The van der Waals surface area contributed by atoms with E-state index < -0.39 is 11.6 Å². The minimum atomic E-state index is -1.01. The van der Waals surface area contributed by atoms with Gasteiger partial charge in [0.25, 0.3) is 0 Å². The van der Waals surface area contributed by atoms with Crippen LogP contribution >= 0.6 is 11.6 Å². The van der Waals surface area contributed by atoms with E-state index in [-0.39, 0.29) is 13.2 Å². The SMILES string of the molecule is CC(CO)(NC(=O)OCc1ccccc1)c1ccccc1Cl. The second kappa shape index (κ2) is 7.29. The molecule has 2 N–H and O–H groups in total. The van der Waals surface area contributed by atoms with Gasteiger partial charge in [0.2, 0.25) is 0 Å². The highest BCUT2D eigenvalue weighted by molar-refractivity contribution is 6.31. The number of halogens is 1. The molecule has 2 aromatic carbocycles. The topological polar surface area (TPSA) is 58.6 Å². The largest absolute Gasteiger partial charge is 0.445 e. The number of rotatable bonds is 5. The Morgan fingerprint density at radius 3 is 2.45 bits per heavy atom. The number of carbonyl (C=O) groups is 1. The number of ether oxygens (including phenoxy) is 1. The summed E-state index contributed by atoms with van der Waals surface area (Å²) in [5, 5.41) is 12.8. The number of aliphatic hydroxyl groups excluding tert-OH is 1. The summed E-state index contributed by atoms with van der Waals surface area (Å²) in [4.78, 5) is 12.0. The molecule has 22 heavy (non-hydrogen) atoms. The molecule has 2 aromatic rings. The van der Waals surface area contributed by atoms with E-state index in [2.05, 4.69) is 5.32 Å². The third-order valence-corrected chi connectivity index (χ3v) is 3.70. The van der Waals surface area contributed by atoms with Crippen molar-refractivity contribution in [1.82, 2.24) is 5.32 Å². The molecule has 0 aliphatic carbocycles. The van der Waals surface area contributed by atoms with Gasteiger partial charge in [-0.3, -0.25) is 0 Å². The second-order valence-electron chi connectivity index (χ2n) is 5.16. The molecule has 1 unspecified atom stereocenters. The van der Waals surface area contributed by atoms with Crippen LogP contribution in [0.2, 0.25) is 5.02 Å². The zero-order valence-corrected chi connectivity index (χ0v) is 13.0. The minimum Gasteiger partial charge on any atom is -0.445 e. The lowest BCUT2D eigenvalue weighted by atomic mass is 9.93. The molecule has 0 aliphatic rings. The first-order chi connectivity index (χ1) is 10.5. The molecule has 0 saturated heterocycles. The van der Waals surface area contributed by atoms with Crippen LogP contribution in [0.5, 0.6) is 0 Å². The summed E-state index contributed by atoms with van der Waals surface area (Å²) in [6.45, 7) is 1.56. The molecule has 4 nitrogen and oxygen atoms in total. The molecule has 0 bridgehead atoms. The Morgan fingerprint density at radius 2 is 1.82 bits per heavy atom. The normalized spacial score (nSPS) is 13.2. The van der Waals surface area contributed by atoms with Crippen LogP contribution in [0, 0.1) is 0 Å². The number of aliphatic hydroxyl groups is 1. The van der Waals surface area contributed by atoms with Crippen molar-refractivity contribution in [2.75, 3.05) is 6.61 Å². The van der Waals surface area contributed by atoms with E-state index in [4.69, 9.17) is 16.3 Å². The highest BCUT2D eigenvalue weighted by Crippen LogP contribution is 2.27. The maximum absolute atomic E-state index is 12.0. The van der Waals surface area contributed by atoms with Crippen molar-refractivity contribution in [3.8, 4) is 0 Å². The summed E-state index contributed by atoms with van der Waals surface area (Å²) in [5.74, 6) is 0. The standard InChI is InChI=1S/C17H18ClNO3/c1-17(12-20,14-9-5-6-10-15(14)18)19-16(21)22-11-13-7-3-2-4-8-13/h2-10,20H,11-12H2,1H3,(H,19,21). The van der Waals surface area contributed by atoms with Gasteiger partial charge in [0, 0.05) is 5.02 Å². The van der Waals surface area contributed by atoms with Crippen molar-refractivity contribution in [1.29, 1.82) is 0 Å². The first kappa shape index (κ1) is 16.3. The number of hydrogen-bond acceptors (Lipinski definition) is 3. The Bertz CT molecular complexity index is 633. The van der Waals surface area contributed by atoms with E-state index in [0.717, 1.165) is 5.56 Å². The highest BCUT2D eigenvalue weighted by atomic mass is 35.5. The van der Waals surface area contributed by atoms with Crippen molar-refractivity contribution >= 4 is 17.7 Å². The van der Waals surface area contributed by atoms with Crippen LogP contribution < -0.4 is 5.32 Å². The van der Waals surface area contributed by atoms with Crippen LogP contribution in [0.1, 0.15) is 18.1 Å². The second-order valence-corrected chi connectivity index (χ2v) is 5.56. The van der Waals surface area contributed by atoms with Crippen LogP contribution in [0.25, 0.3) is 0 Å². The molecule has 0 spiro atoms. The van der Waals surface area contributed by atoms with E-state index >= 15 is 0 Å². The van der Waals surface area contributed by atoms with Gasteiger partial charge in [-0.25, -0.2) is 4.79 Å². The lowest BCUT2D eigenvalue weighted by Crippen LogP contribution is -2.46. The lowest BCUT2D eigenvalue weighted by molar-refractivity contribution is 0.111. The summed E-state index contributed by atoms with van der Waals surface area (Å²) < 4.78 is 5.18. The van der Waals surface area contributed by atoms with Crippen LogP contribution in [-0.2, 0) is 16.9 Å². The van der Waals surface area contributed by atoms with Crippen molar-refractivity contribution in [2.45, 2.75) is 19.1 Å². The molecule has 0 heterocycles. The molecule has 0 aromatic heterocycles. The first-order valence-corrected chi connectivity index (χ1v) is 7.28. The van der Waals surface area contributed by atoms with Crippen LogP contribution in [0.3, 0.4) is 0 Å². The van der Waals surface area contributed by atoms with Gasteiger partial charge in [-0.2, -0.15) is 0 Å². The van der Waals surface area contributed by atoms with Crippen molar-refractivity contribution in [3.05, 3.63) is 70.7 Å². The molecule has 0 fully saturated rings. The molecule has 1 atom stereocenters. The van der Waals surface area contributed by atoms with Crippen LogP contribution in [0.4, 0.5) is 4.79 Å². The van der Waals surface area contributed by atoms with E-state index in [1.54, 1.807) is 31.2 Å². The number of carbonyl (C=O) groups excluding carboxylic acids is 1. The molecule has 5 heteroatoms. The Kier molecular flexibility index (Phi) is 5.41. The van der Waals surface area contributed by atoms with Gasteiger partial charge < -0.3 is 15.2 Å². The summed E-state index contributed by atoms with van der Waals surface area (Å²) in [6, 6.07) is 16.4. The van der Waals surface area contributed by atoms with E-state index in [9.17, 15) is 9.90 Å². The van der Waals surface area contributed by atoms with Crippen molar-refractivity contribution in [2.24, 2.45) is 0 Å². The molecule has 0 radical (unpaired) electrons. The van der Waals surface area contributed by atoms with Crippen LogP contribution in [0.15, 0.2) is 54.6 Å². The molecular formula is C17H18ClNO3. The number of amides is 1. The Labute approximate surface area is 134 Å². The molecule has 0 saturated carbocycles. The lowest BCUT2D eigenvalue weighted by Gasteiger charge is -2.29. The third-order valence-electron chi connectivity index (χ3n) is 3.38. The average molecular weight is 320 g/mol. The first-order valence-electron chi connectivity index (χ1n) is 6.90. The van der Waals surface area contributed by atoms with Crippen molar-refractivity contribution < 1.29 is 14.6 Å². The highest BCUT2D eigenvalue weighted by Gasteiger charge is 2.30. The number of alkyl carbamates (subject to hydrolysis) is 1. The summed E-state index contributed by atoms with van der Waals surface area (Å²) in [7, 11) is 0. The predicted molar refractivity (Wildman–Crippen MR) is 85.7 cm³/mol. The van der Waals surface area contributed by atoms with Gasteiger partial charge in [-0.05, 0) is 24.1 Å². The van der Waals surface area contributed by atoms with Crippen LogP contribution in [-0.4, -0.2) is 17.8 Å². The minimum absolute atomic E-state index is 0.163. The molecular weight excluding hydrogens is 302 g/mol. The zero-order chi connectivity index (χ0) is 16.0. The Balaban J connectivity index is 2.03. The Hall–Kier alpha value is -2.04. The number of hydrogen-bond donors (Lipinski definition) is 2. The average Bonchev–Trinajstić information content (AvgIpc) is 2.54. The summed E-state index contributed by atoms with van der Waals surface area (Å²) in [5.41, 5.74) is 0.517. The van der Waals surface area contributed by atoms with Gasteiger partial charge in [0.05, 0.1) is 12.1 Å². The predicted octanol–water partition coefficient (Wildman–Crippen LogP) is 3.47. The maximum Gasteiger partial charge on any atom is 0.408 e. The molecule has 116 valence electrons. The fraction of sp³-hybridized carbons (Fsp3) is 0.235. The zero-order valence-electron chi connectivity index (χ0n) is 12.3. The molecule has 1 amide bonds. The number of benzene rings is 2. The monoisotopic (exact) mass is 319 g/mol. The maximum atomic E-state index is 12.0. The van der Waals surface area contributed by atoms with Gasteiger partial charge in [0.1, 0.15) is 6.61 Å². The van der Waals surface area contributed by atoms with Gasteiger partial charge in [-0.15, -0.1) is 0 Å².